The fourth-order valence-corrected chi connectivity index (χ4v) is 2.09. The maximum absolute atomic E-state index is 5.35. The maximum Gasteiger partial charge on any atom is 0.0842 e. The van der Waals surface area contributed by atoms with Crippen molar-refractivity contribution in [1.82, 2.24) is 0 Å². The van der Waals surface area contributed by atoms with Crippen LogP contribution < -0.4 is 10.2 Å². The van der Waals surface area contributed by atoms with Crippen LogP contribution in [0.1, 0.15) is 13.3 Å². The Morgan fingerprint density at radius 1 is 1.43 bits per heavy atom. The van der Waals surface area contributed by atoms with E-state index in [1.54, 1.807) is 0 Å². The molecule has 0 amide bonds. The third kappa shape index (κ3) is 1.60. The highest BCUT2D eigenvalue weighted by atomic mass is 32.1. The largest absolute Gasteiger partial charge is 0.380 e. The van der Waals surface area contributed by atoms with Gasteiger partial charge in [0.2, 0.25) is 0 Å². The zero-order valence-electron chi connectivity index (χ0n) is 8.45. The highest BCUT2D eigenvalue weighted by Gasteiger charge is 2.18. The summed E-state index contributed by atoms with van der Waals surface area (Å²) in [6, 6.07) is 8.67. The van der Waals surface area contributed by atoms with E-state index in [9.17, 15) is 0 Å². The fraction of sp³-hybridized carbons (Fsp3) is 0.364. The van der Waals surface area contributed by atoms with Crippen molar-refractivity contribution >= 4 is 28.6 Å². The molecule has 1 unspecified atom stereocenters. The average Bonchev–Trinajstić information content (AvgIpc) is 2.26. The van der Waals surface area contributed by atoms with E-state index in [0.29, 0.717) is 6.04 Å². The van der Waals surface area contributed by atoms with Crippen LogP contribution in [0.15, 0.2) is 24.3 Å². The minimum Gasteiger partial charge on any atom is -0.380 e. The summed E-state index contributed by atoms with van der Waals surface area (Å²) >= 11 is 5.35. The van der Waals surface area contributed by atoms with Crippen molar-refractivity contribution in [3.63, 3.8) is 0 Å². The Hall–Kier alpha value is -1.09. The van der Waals surface area contributed by atoms with Crippen LogP contribution in [0, 0.1) is 0 Å². The zero-order chi connectivity index (χ0) is 10.1. The number of nitrogens with zero attached hydrogens (tertiary/aromatic N) is 1. The molecule has 0 aromatic heterocycles. The number of para-hydroxylation sites is 2. The Morgan fingerprint density at radius 3 is 2.93 bits per heavy atom. The van der Waals surface area contributed by atoms with Crippen molar-refractivity contribution in [3.8, 4) is 0 Å². The van der Waals surface area contributed by atoms with Crippen LogP contribution in [0.4, 0.5) is 11.4 Å². The maximum atomic E-state index is 5.35. The van der Waals surface area contributed by atoms with Crippen LogP contribution in [0.3, 0.4) is 0 Å². The van der Waals surface area contributed by atoms with Crippen molar-refractivity contribution in [2.24, 2.45) is 0 Å². The molecule has 14 heavy (non-hydrogen) atoms. The summed E-state index contributed by atoms with van der Waals surface area (Å²) < 4.78 is 0. The molecule has 1 heterocycles. The molecular formula is C11H14N2S. The van der Waals surface area contributed by atoms with Gasteiger partial charge in [0.05, 0.1) is 16.4 Å². The molecule has 3 heteroatoms. The SMILES string of the molecule is CC1CC(=S)N(C)c2ccccc2N1. The van der Waals surface area contributed by atoms with E-state index < -0.39 is 0 Å². The molecule has 0 aliphatic carbocycles. The molecule has 1 atom stereocenters. The van der Waals surface area contributed by atoms with Crippen molar-refractivity contribution < 1.29 is 0 Å². The fourth-order valence-electron chi connectivity index (χ4n) is 1.74. The van der Waals surface area contributed by atoms with E-state index in [-0.39, 0.29) is 0 Å². The molecule has 0 fully saturated rings. The molecular weight excluding hydrogens is 192 g/mol. The van der Waals surface area contributed by atoms with E-state index in [2.05, 4.69) is 29.3 Å². The number of nitrogens with one attached hydrogen (secondary N) is 1. The molecule has 1 aliphatic rings. The van der Waals surface area contributed by atoms with E-state index in [1.165, 1.54) is 11.4 Å². The molecule has 2 rings (SSSR count). The second kappa shape index (κ2) is 3.58. The quantitative estimate of drug-likeness (QED) is 0.657. The van der Waals surface area contributed by atoms with Crippen molar-refractivity contribution in [2.45, 2.75) is 19.4 Å². The van der Waals surface area contributed by atoms with Crippen LogP contribution in [-0.2, 0) is 0 Å². The smallest absolute Gasteiger partial charge is 0.0842 e. The first-order valence-corrected chi connectivity index (χ1v) is 5.21. The van der Waals surface area contributed by atoms with Gasteiger partial charge in [0, 0.05) is 19.5 Å². The van der Waals surface area contributed by atoms with Gasteiger partial charge >= 0.3 is 0 Å². The Balaban J connectivity index is 2.46. The highest BCUT2D eigenvalue weighted by molar-refractivity contribution is 7.80. The van der Waals surface area contributed by atoms with Crippen LogP contribution in [0.25, 0.3) is 0 Å². The molecule has 74 valence electrons. The number of fused-ring (bicyclic) bond motifs is 1. The van der Waals surface area contributed by atoms with Gasteiger partial charge in [-0.1, -0.05) is 24.4 Å². The Bertz CT molecular complexity index is 362. The van der Waals surface area contributed by atoms with Gasteiger partial charge in [0.1, 0.15) is 0 Å². The van der Waals surface area contributed by atoms with E-state index >= 15 is 0 Å². The van der Waals surface area contributed by atoms with Gasteiger partial charge in [0.25, 0.3) is 0 Å². The monoisotopic (exact) mass is 206 g/mol. The lowest BCUT2D eigenvalue weighted by Gasteiger charge is -2.18. The lowest BCUT2D eigenvalue weighted by molar-refractivity contribution is 0.845. The van der Waals surface area contributed by atoms with Gasteiger partial charge in [-0.3, -0.25) is 0 Å². The molecule has 0 radical (unpaired) electrons. The Morgan fingerprint density at radius 2 is 2.14 bits per heavy atom. The van der Waals surface area contributed by atoms with E-state index in [4.69, 9.17) is 12.2 Å². The second-order valence-electron chi connectivity index (χ2n) is 3.72. The first-order chi connectivity index (χ1) is 6.68. The summed E-state index contributed by atoms with van der Waals surface area (Å²) in [5, 5.41) is 3.45. The normalized spacial score (nSPS) is 21.1. The summed E-state index contributed by atoms with van der Waals surface area (Å²) in [5.41, 5.74) is 2.34. The van der Waals surface area contributed by atoms with Crippen molar-refractivity contribution in [3.05, 3.63) is 24.3 Å². The second-order valence-corrected chi connectivity index (χ2v) is 4.19. The standard InChI is InChI=1S/C11H14N2S/c1-8-7-11(14)13(2)10-6-4-3-5-9(10)12-8/h3-6,8,12H,7H2,1-2H3. The van der Waals surface area contributed by atoms with Crippen molar-refractivity contribution in [2.75, 3.05) is 17.3 Å². The van der Waals surface area contributed by atoms with Gasteiger partial charge in [-0.25, -0.2) is 0 Å². The molecule has 0 bridgehead atoms. The topological polar surface area (TPSA) is 15.3 Å². The highest BCUT2D eigenvalue weighted by Crippen LogP contribution is 2.29. The van der Waals surface area contributed by atoms with E-state index in [1.807, 2.05) is 19.2 Å². The van der Waals surface area contributed by atoms with Crippen LogP contribution in [-0.4, -0.2) is 18.1 Å². The van der Waals surface area contributed by atoms with Crippen LogP contribution in [0.2, 0.25) is 0 Å². The average molecular weight is 206 g/mol. The van der Waals surface area contributed by atoms with Gasteiger partial charge in [-0.05, 0) is 19.1 Å². The Kier molecular flexibility index (Phi) is 2.42. The van der Waals surface area contributed by atoms with Gasteiger partial charge in [-0.15, -0.1) is 0 Å². The molecule has 0 saturated carbocycles. The van der Waals surface area contributed by atoms with Crippen LogP contribution in [0.5, 0.6) is 0 Å². The number of hydrogen-bond donors (Lipinski definition) is 1. The third-order valence-corrected chi connectivity index (χ3v) is 2.96. The zero-order valence-corrected chi connectivity index (χ0v) is 9.27. The summed E-state index contributed by atoms with van der Waals surface area (Å²) in [6.45, 7) is 2.16. The lowest BCUT2D eigenvalue weighted by Crippen LogP contribution is -2.25. The number of anilines is 2. The molecule has 0 saturated heterocycles. The molecule has 1 aliphatic heterocycles. The van der Waals surface area contributed by atoms with Gasteiger partial charge in [-0.2, -0.15) is 0 Å². The number of hydrogen-bond acceptors (Lipinski definition) is 2. The van der Waals surface area contributed by atoms with E-state index in [0.717, 1.165) is 11.4 Å². The number of thiocarbonyl (C=S) groups is 1. The third-order valence-electron chi connectivity index (χ3n) is 2.52. The summed E-state index contributed by atoms with van der Waals surface area (Å²) in [7, 11) is 2.03. The molecule has 2 nitrogen and oxygen atoms in total. The lowest BCUT2D eigenvalue weighted by atomic mass is 10.2. The van der Waals surface area contributed by atoms with Crippen LogP contribution >= 0.6 is 12.2 Å². The molecule has 1 aromatic rings. The Labute approximate surface area is 89.9 Å². The molecule has 1 aromatic carbocycles. The van der Waals surface area contributed by atoms with Crippen molar-refractivity contribution in [1.29, 1.82) is 0 Å². The van der Waals surface area contributed by atoms with Gasteiger partial charge in [0.15, 0.2) is 0 Å². The summed E-state index contributed by atoms with van der Waals surface area (Å²) in [4.78, 5) is 3.08. The predicted octanol–water partition coefficient (Wildman–Crippen LogP) is 2.65. The number of benzene rings is 1. The minimum atomic E-state index is 0.411. The summed E-state index contributed by atoms with van der Waals surface area (Å²) in [5.74, 6) is 0. The summed E-state index contributed by atoms with van der Waals surface area (Å²) in [6.07, 6.45) is 0.917. The molecule has 1 N–H and O–H groups in total. The predicted molar refractivity (Wildman–Crippen MR) is 65.1 cm³/mol. The van der Waals surface area contributed by atoms with Gasteiger partial charge < -0.3 is 10.2 Å². The first-order valence-electron chi connectivity index (χ1n) is 4.80. The first kappa shape index (κ1) is 9.46. The minimum absolute atomic E-state index is 0.411. The molecule has 0 spiro atoms. The number of rotatable bonds is 0.